The van der Waals surface area contributed by atoms with Crippen LogP contribution in [-0.4, -0.2) is 65.5 Å². The second-order valence-electron chi connectivity index (χ2n) is 4.21. The zero-order chi connectivity index (χ0) is 11.5. The molecule has 17 heavy (non-hydrogen) atoms. The molecule has 0 spiro atoms. The van der Waals surface area contributed by atoms with E-state index < -0.39 is 0 Å². The molecule has 0 aromatic rings. The Labute approximate surface area is 112 Å². The van der Waals surface area contributed by atoms with Crippen LogP contribution in [0.25, 0.3) is 0 Å². The molecule has 2 saturated heterocycles. The van der Waals surface area contributed by atoms with Crippen molar-refractivity contribution in [3.63, 3.8) is 0 Å². The lowest BCUT2D eigenvalue weighted by Gasteiger charge is -2.34. The lowest BCUT2D eigenvalue weighted by Crippen LogP contribution is -2.54. The van der Waals surface area contributed by atoms with Crippen molar-refractivity contribution in [2.45, 2.75) is 13.0 Å². The third-order valence-corrected chi connectivity index (χ3v) is 3.92. The van der Waals surface area contributed by atoms with Gasteiger partial charge in [-0.15, -0.1) is 24.2 Å². The second kappa shape index (κ2) is 6.47. The summed E-state index contributed by atoms with van der Waals surface area (Å²) >= 11 is 1.57. The van der Waals surface area contributed by atoms with Gasteiger partial charge in [-0.25, -0.2) is 0 Å². The monoisotopic (exact) mass is 279 g/mol. The number of thioether (sulfide) groups is 1. The minimum atomic E-state index is 0. The van der Waals surface area contributed by atoms with Gasteiger partial charge >= 0.3 is 0 Å². The van der Waals surface area contributed by atoms with Gasteiger partial charge in [0.25, 0.3) is 0 Å². The molecule has 98 valence electrons. The van der Waals surface area contributed by atoms with Crippen LogP contribution >= 0.6 is 24.2 Å². The Morgan fingerprint density at radius 2 is 2.35 bits per heavy atom. The molecule has 0 radical (unpaired) electrons. The van der Waals surface area contributed by atoms with E-state index in [9.17, 15) is 9.59 Å². The number of nitrogens with zero attached hydrogens (tertiary/aromatic N) is 2. The fourth-order valence-corrected chi connectivity index (χ4v) is 2.91. The number of piperazine rings is 1. The number of halogens is 1. The molecule has 2 aliphatic rings. The molecule has 2 aliphatic heterocycles. The summed E-state index contributed by atoms with van der Waals surface area (Å²) in [5.41, 5.74) is 0. The zero-order valence-corrected chi connectivity index (χ0v) is 11.5. The van der Waals surface area contributed by atoms with Gasteiger partial charge in [0.2, 0.25) is 11.8 Å². The van der Waals surface area contributed by atoms with Gasteiger partial charge in [-0.2, -0.15) is 0 Å². The summed E-state index contributed by atoms with van der Waals surface area (Å²) < 4.78 is 0. The number of amides is 2. The first-order valence-electron chi connectivity index (χ1n) is 5.54. The van der Waals surface area contributed by atoms with E-state index in [1.54, 1.807) is 16.7 Å². The predicted molar refractivity (Wildman–Crippen MR) is 70.3 cm³/mol. The zero-order valence-electron chi connectivity index (χ0n) is 9.85. The lowest BCUT2D eigenvalue weighted by molar-refractivity contribution is -0.139. The van der Waals surface area contributed by atoms with Crippen LogP contribution in [0.2, 0.25) is 0 Å². The summed E-state index contributed by atoms with van der Waals surface area (Å²) in [5.74, 6) is 1.33. The standard InChI is InChI=1S/C10H17N3O2S.ClH/c1-8-4-11-2-3-13(8)9(14)5-12-7-16-6-10(12)15;/h8,11H,2-7H2,1H3;1H. The molecular formula is C10H18ClN3O2S. The summed E-state index contributed by atoms with van der Waals surface area (Å²) in [6.07, 6.45) is 0. The molecular weight excluding hydrogens is 262 g/mol. The summed E-state index contributed by atoms with van der Waals surface area (Å²) in [6.45, 7) is 4.71. The summed E-state index contributed by atoms with van der Waals surface area (Å²) in [6, 6.07) is 0.228. The Balaban J connectivity index is 0.00000144. The van der Waals surface area contributed by atoms with Gasteiger partial charge < -0.3 is 15.1 Å². The number of hydrogen-bond donors (Lipinski definition) is 1. The van der Waals surface area contributed by atoms with Crippen molar-refractivity contribution in [2.24, 2.45) is 0 Å². The predicted octanol–water partition coefficient (Wildman–Crippen LogP) is -0.239. The highest BCUT2D eigenvalue weighted by Gasteiger charge is 2.28. The first-order valence-corrected chi connectivity index (χ1v) is 6.69. The fraction of sp³-hybridized carbons (Fsp3) is 0.800. The summed E-state index contributed by atoms with van der Waals surface area (Å²) in [7, 11) is 0. The Morgan fingerprint density at radius 1 is 1.59 bits per heavy atom. The highest BCUT2D eigenvalue weighted by molar-refractivity contribution is 8.00. The van der Waals surface area contributed by atoms with E-state index in [4.69, 9.17) is 0 Å². The number of hydrogen-bond acceptors (Lipinski definition) is 4. The van der Waals surface area contributed by atoms with Crippen molar-refractivity contribution in [2.75, 3.05) is 37.8 Å². The topological polar surface area (TPSA) is 52.7 Å². The SMILES string of the molecule is CC1CNCCN1C(=O)CN1CSCC1=O.Cl. The average molecular weight is 280 g/mol. The highest BCUT2D eigenvalue weighted by Crippen LogP contribution is 2.15. The molecule has 1 N–H and O–H groups in total. The minimum Gasteiger partial charge on any atom is -0.336 e. The third kappa shape index (κ3) is 3.50. The van der Waals surface area contributed by atoms with E-state index in [2.05, 4.69) is 5.32 Å². The van der Waals surface area contributed by atoms with Gasteiger partial charge in [0.1, 0.15) is 6.54 Å². The average Bonchev–Trinajstić information content (AvgIpc) is 2.65. The Morgan fingerprint density at radius 3 is 2.94 bits per heavy atom. The van der Waals surface area contributed by atoms with Crippen molar-refractivity contribution in [3.8, 4) is 0 Å². The normalized spacial score (nSPS) is 24.8. The molecule has 2 heterocycles. The van der Waals surface area contributed by atoms with Gasteiger partial charge in [0, 0.05) is 25.7 Å². The number of carbonyl (C=O) groups is 2. The third-order valence-electron chi connectivity index (χ3n) is 2.97. The number of carbonyl (C=O) groups excluding carboxylic acids is 2. The van der Waals surface area contributed by atoms with Crippen LogP contribution < -0.4 is 5.32 Å². The highest BCUT2D eigenvalue weighted by atomic mass is 35.5. The molecule has 2 fully saturated rings. The van der Waals surface area contributed by atoms with E-state index in [1.807, 2.05) is 11.8 Å². The van der Waals surface area contributed by atoms with Crippen LogP contribution in [0, 0.1) is 0 Å². The number of nitrogens with one attached hydrogen (secondary N) is 1. The second-order valence-corrected chi connectivity index (χ2v) is 5.16. The molecule has 0 aromatic carbocycles. The first-order chi connectivity index (χ1) is 7.68. The Hall–Kier alpha value is -0.460. The van der Waals surface area contributed by atoms with Gasteiger partial charge in [-0.3, -0.25) is 9.59 Å². The van der Waals surface area contributed by atoms with E-state index in [1.165, 1.54) is 0 Å². The molecule has 7 heteroatoms. The Kier molecular flexibility index (Phi) is 5.55. The number of rotatable bonds is 2. The molecule has 1 atom stereocenters. The molecule has 2 amide bonds. The van der Waals surface area contributed by atoms with Crippen molar-refractivity contribution in [3.05, 3.63) is 0 Å². The maximum absolute atomic E-state index is 12.0. The van der Waals surface area contributed by atoms with Crippen LogP contribution in [0.5, 0.6) is 0 Å². The molecule has 5 nitrogen and oxygen atoms in total. The molecule has 0 bridgehead atoms. The van der Waals surface area contributed by atoms with Gasteiger partial charge in [-0.1, -0.05) is 0 Å². The Bertz CT molecular complexity index is 303. The summed E-state index contributed by atoms with van der Waals surface area (Å²) in [5, 5.41) is 3.24. The van der Waals surface area contributed by atoms with Gasteiger partial charge in [-0.05, 0) is 6.92 Å². The molecule has 0 aliphatic carbocycles. The van der Waals surface area contributed by atoms with Crippen LogP contribution in [-0.2, 0) is 9.59 Å². The van der Waals surface area contributed by atoms with Gasteiger partial charge in [0.05, 0.1) is 11.6 Å². The fourth-order valence-electron chi connectivity index (χ4n) is 2.01. The molecule has 2 rings (SSSR count). The molecule has 0 aromatic heterocycles. The smallest absolute Gasteiger partial charge is 0.242 e. The van der Waals surface area contributed by atoms with E-state index in [-0.39, 0.29) is 36.8 Å². The minimum absolute atomic E-state index is 0. The van der Waals surface area contributed by atoms with Crippen LogP contribution in [0.1, 0.15) is 6.92 Å². The quantitative estimate of drug-likeness (QED) is 0.758. The van der Waals surface area contributed by atoms with Crippen molar-refractivity contribution < 1.29 is 9.59 Å². The van der Waals surface area contributed by atoms with Crippen LogP contribution in [0.15, 0.2) is 0 Å². The van der Waals surface area contributed by atoms with Crippen LogP contribution in [0.4, 0.5) is 0 Å². The molecule has 0 saturated carbocycles. The van der Waals surface area contributed by atoms with E-state index in [0.29, 0.717) is 11.6 Å². The van der Waals surface area contributed by atoms with Crippen LogP contribution in [0.3, 0.4) is 0 Å². The maximum atomic E-state index is 12.0. The maximum Gasteiger partial charge on any atom is 0.242 e. The first kappa shape index (κ1) is 14.6. The van der Waals surface area contributed by atoms with Crippen molar-refractivity contribution in [1.29, 1.82) is 0 Å². The van der Waals surface area contributed by atoms with E-state index in [0.717, 1.165) is 19.6 Å². The van der Waals surface area contributed by atoms with Crippen molar-refractivity contribution >= 4 is 36.0 Å². The van der Waals surface area contributed by atoms with E-state index >= 15 is 0 Å². The lowest BCUT2D eigenvalue weighted by atomic mass is 10.2. The largest absolute Gasteiger partial charge is 0.336 e. The summed E-state index contributed by atoms with van der Waals surface area (Å²) in [4.78, 5) is 26.9. The molecule has 1 unspecified atom stereocenters. The van der Waals surface area contributed by atoms with Gasteiger partial charge in [0.15, 0.2) is 0 Å². The van der Waals surface area contributed by atoms with Crippen molar-refractivity contribution in [1.82, 2.24) is 15.1 Å².